The summed E-state index contributed by atoms with van der Waals surface area (Å²) < 4.78 is 5.15. The van der Waals surface area contributed by atoms with E-state index in [1.54, 1.807) is 12.0 Å². The average molecular weight is 405 g/mol. The molecule has 1 aliphatic rings. The third kappa shape index (κ3) is 4.65. The fourth-order valence-corrected chi connectivity index (χ4v) is 3.48. The smallest absolute Gasteiger partial charge is 0.248 e. The minimum absolute atomic E-state index is 0.0193. The SMILES string of the molecule is COc1ccc(Cc2nc(NC(=O)C3CC(=O)N(Cc4ccccc4)C3)n[nH]2)cc1. The van der Waals surface area contributed by atoms with Crippen LogP contribution in [-0.2, 0) is 22.6 Å². The van der Waals surface area contributed by atoms with Gasteiger partial charge in [0.25, 0.3) is 0 Å². The molecule has 0 saturated carbocycles. The first-order chi connectivity index (χ1) is 14.6. The zero-order chi connectivity index (χ0) is 20.9. The van der Waals surface area contributed by atoms with E-state index in [4.69, 9.17) is 4.74 Å². The Balaban J connectivity index is 1.32. The molecule has 0 radical (unpaired) electrons. The molecule has 1 aliphatic heterocycles. The molecule has 3 aromatic rings. The number of anilines is 1. The molecule has 4 rings (SSSR count). The molecule has 2 N–H and O–H groups in total. The molecule has 0 spiro atoms. The van der Waals surface area contributed by atoms with Crippen molar-refractivity contribution in [3.05, 3.63) is 71.5 Å². The van der Waals surface area contributed by atoms with Gasteiger partial charge in [-0.2, -0.15) is 4.98 Å². The third-order valence-corrected chi connectivity index (χ3v) is 5.10. The zero-order valence-electron chi connectivity index (χ0n) is 16.7. The topological polar surface area (TPSA) is 100 Å². The summed E-state index contributed by atoms with van der Waals surface area (Å²) in [5.41, 5.74) is 2.09. The van der Waals surface area contributed by atoms with Crippen LogP contribution in [0.25, 0.3) is 0 Å². The van der Waals surface area contributed by atoms with Crippen molar-refractivity contribution >= 4 is 17.8 Å². The van der Waals surface area contributed by atoms with E-state index >= 15 is 0 Å². The number of aromatic nitrogens is 3. The summed E-state index contributed by atoms with van der Waals surface area (Å²) >= 11 is 0. The van der Waals surface area contributed by atoms with Crippen molar-refractivity contribution in [1.29, 1.82) is 0 Å². The number of carbonyl (C=O) groups is 2. The van der Waals surface area contributed by atoms with Crippen LogP contribution in [0.5, 0.6) is 5.75 Å². The number of likely N-dealkylation sites (tertiary alicyclic amines) is 1. The number of amides is 2. The fourth-order valence-electron chi connectivity index (χ4n) is 3.48. The number of H-pyrrole nitrogens is 1. The molecule has 8 nitrogen and oxygen atoms in total. The van der Waals surface area contributed by atoms with E-state index < -0.39 is 5.92 Å². The van der Waals surface area contributed by atoms with Gasteiger partial charge in [-0.05, 0) is 23.3 Å². The number of methoxy groups -OCH3 is 1. The zero-order valence-corrected chi connectivity index (χ0v) is 16.7. The highest BCUT2D eigenvalue weighted by atomic mass is 16.5. The maximum atomic E-state index is 12.6. The summed E-state index contributed by atoms with van der Waals surface area (Å²) in [6.07, 6.45) is 0.751. The minimum Gasteiger partial charge on any atom is -0.497 e. The van der Waals surface area contributed by atoms with Crippen LogP contribution in [-0.4, -0.2) is 45.6 Å². The van der Waals surface area contributed by atoms with Crippen LogP contribution in [0.15, 0.2) is 54.6 Å². The van der Waals surface area contributed by atoms with E-state index in [0.29, 0.717) is 25.3 Å². The quantitative estimate of drug-likeness (QED) is 0.629. The lowest BCUT2D eigenvalue weighted by atomic mass is 10.1. The maximum Gasteiger partial charge on any atom is 0.248 e. The van der Waals surface area contributed by atoms with Gasteiger partial charge in [0.1, 0.15) is 11.6 Å². The summed E-state index contributed by atoms with van der Waals surface area (Å²) in [6.45, 7) is 0.902. The van der Waals surface area contributed by atoms with Crippen LogP contribution in [0.1, 0.15) is 23.4 Å². The van der Waals surface area contributed by atoms with Gasteiger partial charge in [-0.15, -0.1) is 5.10 Å². The molecule has 1 unspecified atom stereocenters. The molecule has 0 aliphatic carbocycles. The number of carbonyl (C=O) groups excluding carboxylic acids is 2. The van der Waals surface area contributed by atoms with Gasteiger partial charge in [-0.3, -0.25) is 20.0 Å². The van der Waals surface area contributed by atoms with Crippen LogP contribution < -0.4 is 10.1 Å². The number of rotatable bonds is 7. The van der Waals surface area contributed by atoms with Crippen molar-refractivity contribution in [2.24, 2.45) is 5.92 Å². The van der Waals surface area contributed by atoms with Crippen LogP contribution in [0.4, 0.5) is 5.95 Å². The number of hydrogen-bond acceptors (Lipinski definition) is 5. The van der Waals surface area contributed by atoms with E-state index in [9.17, 15) is 9.59 Å². The van der Waals surface area contributed by atoms with Crippen LogP contribution in [0, 0.1) is 5.92 Å². The number of benzene rings is 2. The minimum atomic E-state index is -0.412. The monoisotopic (exact) mass is 405 g/mol. The van der Waals surface area contributed by atoms with Crippen LogP contribution >= 0.6 is 0 Å². The van der Waals surface area contributed by atoms with Crippen molar-refractivity contribution in [3.63, 3.8) is 0 Å². The Morgan fingerprint density at radius 1 is 1.17 bits per heavy atom. The standard InChI is InChI=1S/C22H23N5O3/c1-30-18-9-7-15(8-10-18)11-19-23-22(26-25-19)24-21(29)17-12-20(28)27(14-17)13-16-5-3-2-4-6-16/h2-10,17H,11-14H2,1H3,(H2,23,24,25,26,29). The largest absolute Gasteiger partial charge is 0.497 e. The Morgan fingerprint density at radius 2 is 1.93 bits per heavy atom. The molecule has 0 bridgehead atoms. The van der Waals surface area contributed by atoms with Gasteiger partial charge in [-0.25, -0.2) is 0 Å². The van der Waals surface area contributed by atoms with E-state index in [1.165, 1.54) is 0 Å². The van der Waals surface area contributed by atoms with Gasteiger partial charge < -0.3 is 9.64 Å². The third-order valence-electron chi connectivity index (χ3n) is 5.10. The summed E-state index contributed by atoms with van der Waals surface area (Å²) in [6, 6.07) is 17.4. The van der Waals surface area contributed by atoms with Crippen molar-refractivity contribution in [2.75, 3.05) is 19.0 Å². The molecular formula is C22H23N5O3. The van der Waals surface area contributed by atoms with Crippen molar-refractivity contribution in [1.82, 2.24) is 20.1 Å². The van der Waals surface area contributed by atoms with Gasteiger partial charge in [0, 0.05) is 25.9 Å². The number of nitrogens with one attached hydrogen (secondary N) is 2. The Bertz CT molecular complexity index is 1020. The van der Waals surface area contributed by atoms with Gasteiger partial charge in [0.15, 0.2) is 0 Å². The van der Waals surface area contributed by atoms with E-state index in [-0.39, 0.29) is 24.2 Å². The van der Waals surface area contributed by atoms with Crippen LogP contribution in [0.3, 0.4) is 0 Å². The van der Waals surface area contributed by atoms with Gasteiger partial charge in [0.05, 0.1) is 13.0 Å². The second-order valence-electron chi connectivity index (χ2n) is 7.28. The number of nitrogens with zero attached hydrogens (tertiary/aromatic N) is 3. The Morgan fingerprint density at radius 3 is 2.67 bits per heavy atom. The molecule has 1 atom stereocenters. The second-order valence-corrected chi connectivity index (χ2v) is 7.28. The van der Waals surface area contributed by atoms with E-state index in [2.05, 4.69) is 20.5 Å². The predicted octanol–water partition coefficient (Wildman–Crippen LogP) is 2.39. The van der Waals surface area contributed by atoms with E-state index in [0.717, 1.165) is 16.9 Å². The Kier molecular flexibility index (Phi) is 5.74. The fraction of sp³-hybridized carbons (Fsp3) is 0.273. The first kappa shape index (κ1) is 19.6. The lowest BCUT2D eigenvalue weighted by Crippen LogP contribution is -2.28. The highest BCUT2D eigenvalue weighted by Gasteiger charge is 2.34. The highest BCUT2D eigenvalue weighted by Crippen LogP contribution is 2.21. The van der Waals surface area contributed by atoms with Gasteiger partial charge in [-0.1, -0.05) is 42.5 Å². The van der Waals surface area contributed by atoms with Crippen molar-refractivity contribution < 1.29 is 14.3 Å². The molecule has 154 valence electrons. The normalized spacial score (nSPS) is 16.0. The number of hydrogen-bond donors (Lipinski definition) is 2. The Labute approximate surface area is 174 Å². The molecule has 2 heterocycles. The molecule has 30 heavy (non-hydrogen) atoms. The molecule has 1 fully saturated rings. The van der Waals surface area contributed by atoms with Gasteiger partial charge >= 0.3 is 0 Å². The highest BCUT2D eigenvalue weighted by molar-refractivity contribution is 5.96. The molecule has 1 aromatic heterocycles. The summed E-state index contributed by atoms with van der Waals surface area (Å²) in [5.74, 6) is 0.977. The second kappa shape index (κ2) is 8.77. The lowest BCUT2D eigenvalue weighted by Gasteiger charge is -2.16. The molecular weight excluding hydrogens is 382 g/mol. The number of aromatic amines is 1. The van der Waals surface area contributed by atoms with E-state index in [1.807, 2.05) is 54.6 Å². The summed E-state index contributed by atoms with van der Waals surface area (Å²) in [7, 11) is 1.62. The molecule has 2 amide bonds. The summed E-state index contributed by atoms with van der Waals surface area (Å²) in [5, 5.41) is 9.64. The average Bonchev–Trinajstić information content (AvgIpc) is 3.35. The molecule has 8 heteroatoms. The van der Waals surface area contributed by atoms with Crippen LogP contribution in [0.2, 0.25) is 0 Å². The summed E-state index contributed by atoms with van der Waals surface area (Å²) in [4.78, 5) is 30.9. The molecule has 2 aromatic carbocycles. The first-order valence-electron chi connectivity index (χ1n) is 9.77. The maximum absolute atomic E-state index is 12.6. The number of ether oxygens (including phenoxy) is 1. The first-order valence-corrected chi connectivity index (χ1v) is 9.77. The van der Waals surface area contributed by atoms with Crippen molar-refractivity contribution in [3.8, 4) is 5.75 Å². The Hall–Kier alpha value is -3.68. The molecule has 1 saturated heterocycles. The predicted molar refractivity (Wildman–Crippen MR) is 111 cm³/mol. The lowest BCUT2D eigenvalue weighted by molar-refractivity contribution is -0.128. The van der Waals surface area contributed by atoms with Gasteiger partial charge in [0.2, 0.25) is 17.8 Å². The van der Waals surface area contributed by atoms with Crippen molar-refractivity contribution in [2.45, 2.75) is 19.4 Å².